The Bertz CT molecular complexity index is 510. The van der Waals surface area contributed by atoms with Gasteiger partial charge in [0.1, 0.15) is 0 Å². The third kappa shape index (κ3) is 2.00. The molecule has 2 rings (SSSR count). The number of imidazole rings is 1. The second-order valence-electron chi connectivity index (χ2n) is 3.31. The van der Waals surface area contributed by atoms with Gasteiger partial charge in [-0.1, -0.05) is 0 Å². The van der Waals surface area contributed by atoms with Gasteiger partial charge < -0.3 is 14.7 Å². The average Bonchev–Trinajstić information content (AvgIpc) is 2.76. The Balaban J connectivity index is 2.31. The highest BCUT2D eigenvalue weighted by Crippen LogP contribution is 2.05. The molecule has 2 aromatic heterocycles. The maximum Gasteiger partial charge on any atom is 0.177 e. The van der Waals surface area contributed by atoms with Gasteiger partial charge in [-0.25, -0.2) is 0 Å². The molecule has 0 bridgehead atoms. The van der Waals surface area contributed by atoms with E-state index in [0.29, 0.717) is 11.3 Å². The predicted octanol–water partition coefficient (Wildman–Crippen LogP) is 0.820. The molecule has 0 radical (unpaired) electrons. The van der Waals surface area contributed by atoms with Crippen molar-refractivity contribution in [2.75, 3.05) is 0 Å². The molecule has 2 aromatic rings. The monoisotopic (exact) mass is 224 g/mol. The Kier molecular flexibility index (Phi) is 2.70. The van der Waals surface area contributed by atoms with Crippen LogP contribution in [0.15, 0.2) is 18.5 Å². The molecule has 80 valence electrons. The molecule has 0 aliphatic rings. The van der Waals surface area contributed by atoms with Gasteiger partial charge in [-0.05, 0) is 18.3 Å². The highest BCUT2D eigenvalue weighted by molar-refractivity contribution is 7.71. The van der Waals surface area contributed by atoms with E-state index in [4.69, 9.17) is 17.3 Å². The zero-order valence-electron chi connectivity index (χ0n) is 8.34. The first kappa shape index (κ1) is 10.1. The van der Waals surface area contributed by atoms with E-state index < -0.39 is 0 Å². The summed E-state index contributed by atoms with van der Waals surface area (Å²) in [5, 5.41) is 13.4. The van der Waals surface area contributed by atoms with Crippen LogP contribution < -0.4 is 0 Å². The lowest BCUT2D eigenvalue weighted by Crippen LogP contribution is -2.05. The number of hydrogen-bond acceptors (Lipinski definition) is 3. The number of nitrogens with one attached hydrogen (secondary N) is 1. The van der Waals surface area contributed by atoms with E-state index in [1.807, 2.05) is 23.9 Å². The van der Waals surface area contributed by atoms with E-state index in [9.17, 15) is 0 Å². The van der Waals surface area contributed by atoms with Crippen LogP contribution in [0.25, 0.3) is 0 Å². The molecule has 0 spiro atoms. The molecule has 0 aliphatic carbocycles. The van der Waals surface area contributed by atoms with Crippen molar-refractivity contribution in [1.29, 1.82) is 0 Å². The molecule has 15 heavy (non-hydrogen) atoms. The Morgan fingerprint density at radius 1 is 1.60 bits per heavy atom. The molecule has 0 aromatic carbocycles. The van der Waals surface area contributed by atoms with Crippen molar-refractivity contribution in [3.63, 3.8) is 0 Å². The number of aliphatic hydroxyl groups is 1. The van der Waals surface area contributed by atoms with Crippen molar-refractivity contribution in [2.24, 2.45) is 7.05 Å². The first-order chi connectivity index (χ1) is 7.20. The quantitative estimate of drug-likeness (QED) is 0.759. The molecular weight excluding hydrogens is 212 g/mol. The summed E-state index contributed by atoms with van der Waals surface area (Å²) in [5.41, 5.74) is 1.69. The van der Waals surface area contributed by atoms with Crippen molar-refractivity contribution >= 4 is 12.2 Å². The number of aromatic amines is 1. The largest absolute Gasteiger partial charge is 0.390 e. The van der Waals surface area contributed by atoms with E-state index >= 15 is 0 Å². The summed E-state index contributed by atoms with van der Waals surface area (Å²) in [4.78, 5) is 2.90. The van der Waals surface area contributed by atoms with Gasteiger partial charge >= 0.3 is 0 Å². The van der Waals surface area contributed by atoms with E-state index in [1.54, 1.807) is 10.9 Å². The van der Waals surface area contributed by atoms with E-state index in [0.717, 1.165) is 11.4 Å². The number of H-pyrrole nitrogens is 1. The second kappa shape index (κ2) is 4.00. The van der Waals surface area contributed by atoms with Crippen molar-refractivity contribution < 1.29 is 5.11 Å². The summed E-state index contributed by atoms with van der Waals surface area (Å²) in [6, 6.07) is 1.93. The molecule has 5 nitrogen and oxygen atoms in total. The van der Waals surface area contributed by atoms with Crippen LogP contribution in [-0.4, -0.2) is 24.4 Å². The minimum atomic E-state index is -0.0278. The van der Waals surface area contributed by atoms with E-state index in [-0.39, 0.29) is 6.61 Å². The lowest BCUT2D eigenvalue weighted by atomic mass is 10.4. The normalized spacial score (nSPS) is 10.8. The lowest BCUT2D eigenvalue weighted by Gasteiger charge is -2.03. The number of aliphatic hydroxyl groups excluding tert-OH is 1. The van der Waals surface area contributed by atoms with E-state index in [1.165, 1.54) is 0 Å². The molecule has 6 heteroatoms. The van der Waals surface area contributed by atoms with Crippen molar-refractivity contribution in [3.05, 3.63) is 34.6 Å². The average molecular weight is 224 g/mol. The first-order valence-electron chi connectivity index (χ1n) is 4.57. The van der Waals surface area contributed by atoms with Crippen LogP contribution in [0.3, 0.4) is 0 Å². The molecule has 0 atom stereocenters. The molecule has 0 fully saturated rings. The summed E-state index contributed by atoms with van der Waals surface area (Å²) in [7, 11) is 1.87. The predicted molar refractivity (Wildman–Crippen MR) is 57.8 cm³/mol. The molecule has 0 aliphatic heterocycles. The van der Waals surface area contributed by atoms with Crippen molar-refractivity contribution in [3.8, 4) is 0 Å². The van der Waals surface area contributed by atoms with Crippen LogP contribution in [0.2, 0.25) is 0 Å². The SMILES string of the molecule is Cn1ccc(Cn2c(CO)c[nH]c2=S)n1. The fourth-order valence-electron chi connectivity index (χ4n) is 1.45. The Morgan fingerprint density at radius 3 is 3.00 bits per heavy atom. The van der Waals surface area contributed by atoms with Crippen molar-refractivity contribution in [2.45, 2.75) is 13.2 Å². The maximum absolute atomic E-state index is 9.10. The summed E-state index contributed by atoms with van der Waals surface area (Å²) in [6.45, 7) is 0.555. The Hall–Kier alpha value is -1.40. The van der Waals surface area contributed by atoms with E-state index in [2.05, 4.69) is 10.1 Å². The summed E-state index contributed by atoms with van der Waals surface area (Å²) < 4.78 is 4.17. The van der Waals surface area contributed by atoms with Crippen LogP contribution >= 0.6 is 12.2 Å². The van der Waals surface area contributed by atoms with Gasteiger partial charge in [0.25, 0.3) is 0 Å². The highest BCUT2D eigenvalue weighted by atomic mass is 32.1. The van der Waals surface area contributed by atoms with Gasteiger partial charge in [0, 0.05) is 19.4 Å². The van der Waals surface area contributed by atoms with Gasteiger partial charge in [-0.2, -0.15) is 5.10 Å². The Labute approximate surface area is 92.0 Å². The molecule has 2 N–H and O–H groups in total. The second-order valence-corrected chi connectivity index (χ2v) is 3.70. The minimum absolute atomic E-state index is 0.0278. The molecule has 0 saturated carbocycles. The zero-order chi connectivity index (χ0) is 10.8. The van der Waals surface area contributed by atoms with Gasteiger partial charge in [0.15, 0.2) is 4.77 Å². The third-order valence-electron chi connectivity index (χ3n) is 2.21. The van der Waals surface area contributed by atoms with Gasteiger partial charge in [-0.3, -0.25) is 4.68 Å². The standard InChI is InChI=1S/C9H12N4OS/c1-12-3-2-7(11-12)5-13-8(6-14)4-10-9(13)15/h2-4,14H,5-6H2,1H3,(H,10,15). The van der Waals surface area contributed by atoms with Gasteiger partial charge in [0.05, 0.1) is 24.5 Å². The third-order valence-corrected chi connectivity index (χ3v) is 2.54. The number of hydrogen-bond donors (Lipinski definition) is 2. The van der Waals surface area contributed by atoms with Gasteiger partial charge in [0.2, 0.25) is 0 Å². The van der Waals surface area contributed by atoms with Crippen LogP contribution in [0.5, 0.6) is 0 Å². The topological polar surface area (TPSA) is 58.8 Å². The summed E-state index contributed by atoms with van der Waals surface area (Å²) in [6.07, 6.45) is 3.59. The molecule has 0 unspecified atom stereocenters. The molecule has 0 saturated heterocycles. The molecule has 0 amide bonds. The van der Waals surface area contributed by atoms with Crippen LogP contribution in [0.1, 0.15) is 11.4 Å². The van der Waals surface area contributed by atoms with Crippen LogP contribution in [0.4, 0.5) is 0 Å². The molecular formula is C9H12N4OS. The minimum Gasteiger partial charge on any atom is -0.390 e. The van der Waals surface area contributed by atoms with Crippen LogP contribution in [-0.2, 0) is 20.2 Å². The fourth-order valence-corrected chi connectivity index (χ4v) is 1.69. The summed E-state index contributed by atoms with van der Waals surface area (Å²) >= 11 is 5.11. The number of rotatable bonds is 3. The fraction of sp³-hybridized carbons (Fsp3) is 0.333. The first-order valence-corrected chi connectivity index (χ1v) is 4.98. The Morgan fingerprint density at radius 2 is 2.40 bits per heavy atom. The highest BCUT2D eigenvalue weighted by Gasteiger charge is 2.05. The van der Waals surface area contributed by atoms with Gasteiger partial charge in [-0.15, -0.1) is 0 Å². The number of aryl methyl sites for hydroxylation is 1. The molecule has 2 heterocycles. The number of nitrogens with zero attached hydrogens (tertiary/aromatic N) is 3. The maximum atomic E-state index is 9.10. The number of aromatic nitrogens is 4. The summed E-state index contributed by atoms with van der Waals surface area (Å²) in [5.74, 6) is 0. The smallest absolute Gasteiger partial charge is 0.177 e. The van der Waals surface area contributed by atoms with Crippen LogP contribution in [0, 0.1) is 4.77 Å². The van der Waals surface area contributed by atoms with Crippen molar-refractivity contribution in [1.82, 2.24) is 19.3 Å². The lowest BCUT2D eigenvalue weighted by molar-refractivity contribution is 0.271. The zero-order valence-corrected chi connectivity index (χ0v) is 9.16.